The lowest BCUT2D eigenvalue weighted by atomic mass is 9.80. The molecule has 0 aromatic heterocycles. The second-order valence-corrected chi connectivity index (χ2v) is 11.7. The number of rotatable bonds is 4. The van der Waals surface area contributed by atoms with Gasteiger partial charge in [0.25, 0.3) is 0 Å². The zero-order valence-electron chi connectivity index (χ0n) is 19.4. The van der Waals surface area contributed by atoms with Crippen LogP contribution in [-0.4, -0.2) is 29.4 Å². The molecule has 162 valence electrons. The molecule has 1 heterocycles. The van der Waals surface area contributed by atoms with Crippen molar-refractivity contribution in [1.82, 2.24) is 5.01 Å². The van der Waals surface area contributed by atoms with Crippen LogP contribution in [0.3, 0.4) is 0 Å². The molecule has 30 heavy (non-hydrogen) atoms. The Hall–Kier alpha value is -1.86. The van der Waals surface area contributed by atoms with E-state index in [1.807, 2.05) is 6.21 Å². The summed E-state index contributed by atoms with van der Waals surface area (Å²) in [5.41, 5.74) is 3.35. The Labute approximate surface area is 184 Å². The highest BCUT2D eigenvalue weighted by Crippen LogP contribution is 2.36. The van der Waals surface area contributed by atoms with Gasteiger partial charge in [0, 0.05) is 29.5 Å². The van der Waals surface area contributed by atoms with Crippen LogP contribution in [0.5, 0.6) is 5.75 Å². The molecule has 0 bridgehead atoms. The molecule has 0 radical (unpaired) electrons. The molecule has 1 saturated heterocycles. The van der Waals surface area contributed by atoms with E-state index in [9.17, 15) is 5.11 Å². The molecule has 1 atom stereocenters. The Bertz CT molecular complexity index is 900. The van der Waals surface area contributed by atoms with Crippen LogP contribution in [0.2, 0.25) is 0 Å². The summed E-state index contributed by atoms with van der Waals surface area (Å²) in [6.07, 6.45) is 5.76. The van der Waals surface area contributed by atoms with Crippen molar-refractivity contribution < 1.29 is 5.11 Å². The van der Waals surface area contributed by atoms with Crippen molar-refractivity contribution in [3.8, 4) is 5.75 Å². The van der Waals surface area contributed by atoms with Gasteiger partial charge in [-0.05, 0) is 47.0 Å². The van der Waals surface area contributed by atoms with Crippen molar-refractivity contribution in [2.75, 3.05) is 13.1 Å². The minimum Gasteiger partial charge on any atom is -0.507 e. The van der Waals surface area contributed by atoms with Crippen molar-refractivity contribution in [2.45, 2.75) is 71.6 Å². The van der Waals surface area contributed by atoms with Gasteiger partial charge in [0.15, 0.2) is 0 Å². The van der Waals surface area contributed by atoms with Crippen molar-refractivity contribution in [3.63, 3.8) is 0 Å². The Morgan fingerprint density at radius 1 is 0.900 bits per heavy atom. The van der Waals surface area contributed by atoms with Crippen molar-refractivity contribution in [1.29, 1.82) is 0 Å². The van der Waals surface area contributed by atoms with E-state index in [2.05, 4.69) is 82.9 Å². The van der Waals surface area contributed by atoms with Gasteiger partial charge in [-0.25, -0.2) is 0 Å². The van der Waals surface area contributed by atoms with Crippen LogP contribution in [0, 0.1) is 0 Å². The number of phenolic OH excluding ortho intramolecular Hbond substituents is 1. The van der Waals surface area contributed by atoms with E-state index in [0.717, 1.165) is 29.5 Å². The van der Waals surface area contributed by atoms with Crippen molar-refractivity contribution >= 4 is 25.4 Å². The Balaban J connectivity index is 1.97. The van der Waals surface area contributed by atoms with Gasteiger partial charge in [0.1, 0.15) is 5.75 Å². The van der Waals surface area contributed by atoms with Crippen LogP contribution in [0.25, 0.3) is 0 Å². The van der Waals surface area contributed by atoms with Gasteiger partial charge in [-0.2, -0.15) is 5.10 Å². The highest BCUT2D eigenvalue weighted by Gasteiger charge is 2.25. The number of piperidine rings is 1. The molecule has 0 spiro atoms. The molecular formula is C26H37N2OP. The van der Waals surface area contributed by atoms with Gasteiger partial charge in [0.2, 0.25) is 0 Å². The fraction of sp³-hybridized carbons (Fsp3) is 0.500. The fourth-order valence-electron chi connectivity index (χ4n) is 3.74. The number of hydrogen-bond acceptors (Lipinski definition) is 3. The van der Waals surface area contributed by atoms with Gasteiger partial charge in [-0.1, -0.05) is 80.5 Å². The highest BCUT2D eigenvalue weighted by molar-refractivity contribution is 7.56. The molecule has 2 aromatic carbocycles. The topological polar surface area (TPSA) is 35.8 Å². The van der Waals surface area contributed by atoms with Crippen LogP contribution in [0.4, 0.5) is 0 Å². The van der Waals surface area contributed by atoms with Gasteiger partial charge in [-0.3, -0.25) is 5.01 Å². The molecule has 0 saturated carbocycles. The third kappa shape index (κ3) is 5.64. The maximum Gasteiger partial charge on any atom is 0.127 e. The smallest absolute Gasteiger partial charge is 0.127 e. The first-order chi connectivity index (χ1) is 14.1. The first-order valence-electron chi connectivity index (χ1n) is 11.1. The second-order valence-electron chi connectivity index (χ2n) is 10.4. The van der Waals surface area contributed by atoms with E-state index >= 15 is 0 Å². The summed E-state index contributed by atoms with van der Waals surface area (Å²) in [5, 5.41) is 20.3. The maximum absolute atomic E-state index is 11.2. The third-order valence-electron chi connectivity index (χ3n) is 5.71. The Morgan fingerprint density at radius 2 is 1.57 bits per heavy atom. The number of nitrogens with zero attached hydrogens (tertiary/aromatic N) is 2. The summed E-state index contributed by atoms with van der Waals surface area (Å²) in [4.78, 5) is 0. The van der Waals surface area contributed by atoms with Gasteiger partial charge in [-0.15, -0.1) is 0 Å². The SMILES string of the molecule is CC(C)(C)c1cc(Pc2ccccc2C=NN2CCCCC2)c(O)c(C(C)(C)C)c1. The van der Waals surface area contributed by atoms with E-state index in [1.165, 1.54) is 30.1 Å². The minimum absolute atomic E-state index is 0.0299. The summed E-state index contributed by atoms with van der Waals surface area (Å²) in [6, 6.07) is 12.8. The largest absolute Gasteiger partial charge is 0.507 e. The standard InChI is InChI=1S/C26H37N2OP/c1-25(2,3)20-16-21(26(4,5)6)24(29)23(17-20)30-22-13-9-8-12-19(22)18-27-28-14-10-7-11-15-28/h8-9,12-13,16-18,29-30H,7,10-11,14-15H2,1-6H3. The number of aromatic hydroxyl groups is 1. The number of benzene rings is 2. The van der Waals surface area contributed by atoms with Crippen LogP contribution >= 0.6 is 8.58 Å². The average molecular weight is 425 g/mol. The number of hydrazone groups is 1. The average Bonchev–Trinajstić information content (AvgIpc) is 2.68. The summed E-state index contributed by atoms with van der Waals surface area (Å²) < 4.78 is 0. The lowest BCUT2D eigenvalue weighted by Gasteiger charge is -2.27. The van der Waals surface area contributed by atoms with E-state index in [1.54, 1.807) is 0 Å². The molecular weight excluding hydrogens is 387 g/mol. The molecule has 3 rings (SSSR count). The first-order valence-corrected chi connectivity index (χ1v) is 12.1. The summed E-state index contributed by atoms with van der Waals surface area (Å²) in [7, 11) is 0.385. The molecule has 0 aliphatic carbocycles. The zero-order chi connectivity index (χ0) is 21.9. The number of hydrogen-bond donors (Lipinski definition) is 1. The van der Waals surface area contributed by atoms with Gasteiger partial charge in [0.05, 0.1) is 6.21 Å². The highest BCUT2D eigenvalue weighted by atomic mass is 31.1. The molecule has 4 heteroatoms. The molecule has 3 nitrogen and oxygen atoms in total. The van der Waals surface area contributed by atoms with Crippen LogP contribution in [-0.2, 0) is 10.8 Å². The Morgan fingerprint density at radius 3 is 2.20 bits per heavy atom. The summed E-state index contributed by atoms with van der Waals surface area (Å²) >= 11 is 0. The van der Waals surface area contributed by atoms with Gasteiger partial charge >= 0.3 is 0 Å². The lowest BCUT2D eigenvalue weighted by molar-refractivity contribution is 0.240. The van der Waals surface area contributed by atoms with E-state index < -0.39 is 0 Å². The molecule has 2 aromatic rings. The van der Waals surface area contributed by atoms with Crippen LogP contribution in [0.1, 0.15) is 77.5 Å². The molecule has 1 aliphatic heterocycles. The normalized spacial score (nSPS) is 16.1. The van der Waals surface area contributed by atoms with Gasteiger partial charge < -0.3 is 5.11 Å². The molecule has 1 aliphatic rings. The van der Waals surface area contributed by atoms with Crippen LogP contribution < -0.4 is 10.6 Å². The quantitative estimate of drug-likeness (QED) is 0.524. The van der Waals surface area contributed by atoms with E-state index in [4.69, 9.17) is 5.10 Å². The van der Waals surface area contributed by atoms with Crippen LogP contribution in [0.15, 0.2) is 41.5 Å². The monoisotopic (exact) mass is 424 g/mol. The number of phenols is 1. The first kappa shape index (κ1) is 22.8. The molecule has 1 unspecified atom stereocenters. The van der Waals surface area contributed by atoms with Crippen molar-refractivity contribution in [2.24, 2.45) is 5.10 Å². The predicted molar refractivity (Wildman–Crippen MR) is 133 cm³/mol. The van der Waals surface area contributed by atoms with Crippen molar-refractivity contribution in [3.05, 3.63) is 53.1 Å². The van der Waals surface area contributed by atoms with E-state index in [-0.39, 0.29) is 10.8 Å². The Kier molecular flexibility index (Phi) is 6.92. The predicted octanol–water partition coefficient (Wildman–Crippen LogP) is 5.44. The summed E-state index contributed by atoms with van der Waals surface area (Å²) in [6.45, 7) is 15.3. The molecule has 1 fully saturated rings. The minimum atomic E-state index is -0.111. The lowest BCUT2D eigenvalue weighted by Crippen LogP contribution is -2.25. The zero-order valence-corrected chi connectivity index (χ0v) is 20.4. The van der Waals surface area contributed by atoms with E-state index in [0.29, 0.717) is 14.3 Å². The molecule has 0 amide bonds. The second kappa shape index (κ2) is 9.10. The third-order valence-corrected chi connectivity index (χ3v) is 7.08. The summed E-state index contributed by atoms with van der Waals surface area (Å²) in [5.74, 6) is 0.441. The fourth-order valence-corrected chi connectivity index (χ4v) is 4.98. The maximum atomic E-state index is 11.2. The molecule has 1 N–H and O–H groups in total.